The minimum absolute atomic E-state index is 0.142. The van der Waals surface area contributed by atoms with E-state index in [1.165, 1.54) is 4.90 Å². The van der Waals surface area contributed by atoms with Crippen LogP contribution < -0.4 is 20.4 Å². The molecule has 0 saturated carbocycles. The highest BCUT2D eigenvalue weighted by molar-refractivity contribution is 6.17. The van der Waals surface area contributed by atoms with Crippen molar-refractivity contribution in [3.8, 4) is 0 Å². The third kappa shape index (κ3) is 6.11. The zero-order valence-electron chi connectivity index (χ0n) is 28.5. The Morgan fingerprint density at radius 1 is 0.920 bits per heavy atom. The molecule has 2 aromatic carbocycles. The smallest absolute Gasteiger partial charge is 0.325 e. The number of allylic oxidation sites excluding steroid dienone is 2. The van der Waals surface area contributed by atoms with E-state index >= 15 is 0 Å². The monoisotopic (exact) mass is 667 g/mol. The standard InChI is InChI=1S/C38H37N9O3/c1-22-11-14-28(18-31(22)47-21-27-19-40-37(44-34(27)46(5)38(47)50)43-29-15-12-23(2)39-20-29)42-35(48)26-13-16-30-32(17-26)45(4)36(49)24(3)41-33(30)25-9-7-6-8-10-25/h6-12,14-20,24,26H,13,21H2,1-5H3,(H,42,48)(H,40,43,44)/t24-,26?/m0/s1. The first-order valence-corrected chi connectivity index (χ1v) is 16.4. The zero-order valence-corrected chi connectivity index (χ0v) is 28.5. The summed E-state index contributed by atoms with van der Waals surface area (Å²) >= 11 is 0. The van der Waals surface area contributed by atoms with Crippen LogP contribution in [-0.4, -0.2) is 63.5 Å². The van der Waals surface area contributed by atoms with Gasteiger partial charge in [0.2, 0.25) is 11.9 Å². The number of aliphatic imine (C=N–C) groups is 1. The molecular weight excluding hydrogens is 630 g/mol. The van der Waals surface area contributed by atoms with Gasteiger partial charge in [-0.05, 0) is 63.1 Å². The summed E-state index contributed by atoms with van der Waals surface area (Å²) < 4.78 is 0. The molecule has 4 amide bonds. The maximum atomic E-state index is 13.7. The maximum absolute atomic E-state index is 13.7. The summed E-state index contributed by atoms with van der Waals surface area (Å²) in [6.07, 6.45) is 7.71. The highest BCUT2D eigenvalue weighted by Gasteiger charge is 2.34. The van der Waals surface area contributed by atoms with Crippen LogP contribution in [0, 0.1) is 19.8 Å². The van der Waals surface area contributed by atoms with Gasteiger partial charge >= 0.3 is 6.03 Å². The van der Waals surface area contributed by atoms with Gasteiger partial charge in [0.1, 0.15) is 11.9 Å². The van der Waals surface area contributed by atoms with Crippen LogP contribution >= 0.6 is 0 Å². The molecule has 2 N–H and O–H groups in total. The third-order valence-electron chi connectivity index (χ3n) is 9.16. The van der Waals surface area contributed by atoms with E-state index in [0.717, 1.165) is 39.4 Å². The lowest BCUT2D eigenvalue weighted by molar-refractivity contribution is -0.129. The number of rotatable bonds is 6. The van der Waals surface area contributed by atoms with Crippen LogP contribution in [-0.2, 0) is 16.1 Å². The second kappa shape index (κ2) is 13.0. The van der Waals surface area contributed by atoms with Gasteiger partial charge in [-0.3, -0.25) is 29.4 Å². The van der Waals surface area contributed by atoms with Crippen molar-refractivity contribution in [2.75, 3.05) is 34.5 Å². The number of anilines is 5. The SMILES string of the molecule is Cc1ccc(Nc2ncc3c(n2)N(C)C(=O)N(c2cc(NC(=O)C4C=C5C(=CC4)C(c4ccccc4)=N[C@@H](C)C(=O)N5C)ccc2C)C3)cn1. The number of nitrogens with one attached hydrogen (secondary N) is 2. The minimum atomic E-state index is -0.564. The van der Waals surface area contributed by atoms with Crippen LogP contribution in [0.2, 0.25) is 0 Å². The summed E-state index contributed by atoms with van der Waals surface area (Å²) in [5, 5.41) is 6.20. The van der Waals surface area contributed by atoms with Gasteiger partial charge < -0.3 is 15.5 Å². The molecule has 0 fully saturated rings. The Hall–Kier alpha value is -6.17. The fraction of sp³-hybridized carbons (Fsp3) is 0.237. The number of benzene rings is 2. The number of fused-ring (bicyclic) bond motifs is 2. The Bertz CT molecular complexity index is 2110. The minimum Gasteiger partial charge on any atom is -0.325 e. The fourth-order valence-electron chi connectivity index (χ4n) is 6.38. The Morgan fingerprint density at radius 3 is 2.46 bits per heavy atom. The van der Waals surface area contributed by atoms with E-state index in [0.29, 0.717) is 35.3 Å². The lowest BCUT2D eigenvalue weighted by Gasteiger charge is -2.35. The summed E-state index contributed by atoms with van der Waals surface area (Å²) in [4.78, 5) is 63.6. The number of hydrogen-bond donors (Lipinski definition) is 2. The van der Waals surface area contributed by atoms with Crippen molar-refractivity contribution in [2.24, 2.45) is 10.9 Å². The summed E-state index contributed by atoms with van der Waals surface area (Å²) in [5.41, 5.74) is 7.66. The molecule has 7 rings (SSSR count). The molecule has 3 aliphatic rings. The molecule has 1 aliphatic carbocycles. The Kier molecular flexibility index (Phi) is 8.44. The van der Waals surface area contributed by atoms with Crippen molar-refractivity contribution in [2.45, 2.75) is 39.8 Å². The number of nitrogens with zero attached hydrogens (tertiary/aromatic N) is 7. The van der Waals surface area contributed by atoms with E-state index in [2.05, 4.69) is 25.6 Å². The molecule has 0 spiro atoms. The highest BCUT2D eigenvalue weighted by atomic mass is 16.2. The highest BCUT2D eigenvalue weighted by Crippen LogP contribution is 2.35. The molecule has 2 atom stereocenters. The topological polar surface area (TPSA) is 136 Å². The molecule has 0 bridgehead atoms. The summed E-state index contributed by atoms with van der Waals surface area (Å²) in [6, 6.07) is 18.3. The van der Waals surface area contributed by atoms with Gasteiger partial charge in [0.05, 0.1) is 35.7 Å². The predicted octanol–water partition coefficient (Wildman–Crippen LogP) is 5.93. The predicted molar refractivity (Wildman–Crippen MR) is 194 cm³/mol. The van der Waals surface area contributed by atoms with Gasteiger partial charge in [0.25, 0.3) is 5.91 Å². The molecule has 50 heavy (non-hydrogen) atoms. The van der Waals surface area contributed by atoms with Crippen LogP contribution in [0.15, 0.2) is 101 Å². The number of aromatic nitrogens is 3. The number of amides is 4. The van der Waals surface area contributed by atoms with Crippen molar-refractivity contribution >= 4 is 52.4 Å². The molecule has 4 aromatic rings. The van der Waals surface area contributed by atoms with E-state index in [1.807, 2.05) is 86.7 Å². The van der Waals surface area contributed by atoms with Crippen LogP contribution in [0.25, 0.3) is 0 Å². The third-order valence-corrected chi connectivity index (χ3v) is 9.16. The molecule has 12 heteroatoms. The summed E-state index contributed by atoms with van der Waals surface area (Å²) in [5.74, 6) is -0.00870. The van der Waals surface area contributed by atoms with Crippen molar-refractivity contribution < 1.29 is 14.4 Å². The molecule has 252 valence electrons. The van der Waals surface area contributed by atoms with Gasteiger partial charge in [-0.25, -0.2) is 9.78 Å². The van der Waals surface area contributed by atoms with Crippen molar-refractivity contribution in [3.63, 3.8) is 0 Å². The lowest BCUT2D eigenvalue weighted by atomic mass is 9.88. The van der Waals surface area contributed by atoms with Crippen LogP contribution in [0.4, 0.5) is 33.6 Å². The fourth-order valence-corrected chi connectivity index (χ4v) is 6.38. The van der Waals surface area contributed by atoms with Crippen LogP contribution in [0.3, 0.4) is 0 Å². The van der Waals surface area contributed by atoms with Crippen LogP contribution in [0.1, 0.15) is 35.7 Å². The number of likely N-dealkylation sites (N-methyl/N-ethyl adjacent to an activating group) is 1. The lowest BCUT2D eigenvalue weighted by Crippen LogP contribution is -2.46. The van der Waals surface area contributed by atoms with Crippen molar-refractivity contribution in [1.29, 1.82) is 0 Å². The first kappa shape index (κ1) is 32.4. The number of urea groups is 1. The molecule has 1 unspecified atom stereocenters. The van der Waals surface area contributed by atoms with Gasteiger partial charge in [0.15, 0.2) is 0 Å². The normalized spacial score (nSPS) is 18.7. The molecule has 4 heterocycles. The Labute approximate surface area is 290 Å². The summed E-state index contributed by atoms with van der Waals surface area (Å²) in [7, 11) is 3.41. The van der Waals surface area contributed by atoms with E-state index in [4.69, 9.17) is 4.99 Å². The van der Waals surface area contributed by atoms with E-state index < -0.39 is 12.0 Å². The second-order valence-corrected chi connectivity index (χ2v) is 12.7. The Morgan fingerprint density at radius 2 is 1.70 bits per heavy atom. The number of aryl methyl sites for hydroxylation is 2. The zero-order chi connectivity index (χ0) is 35.1. The van der Waals surface area contributed by atoms with E-state index in [9.17, 15) is 14.4 Å². The van der Waals surface area contributed by atoms with Gasteiger partial charge in [0, 0.05) is 54.1 Å². The quantitative estimate of drug-likeness (QED) is 0.260. The number of pyridine rings is 1. The molecule has 12 nitrogen and oxygen atoms in total. The summed E-state index contributed by atoms with van der Waals surface area (Å²) in [6.45, 7) is 5.88. The van der Waals surface area contributed by atoms with Gasteiger partial charge in [-0.2, -0.15) is 4.98 Å². The molecule has 0 radical (unpaired) electrons. The largest absolute Gasteiger partial charge is 0.330 e. The molecule has 0 saturated heterocycles. The molecule has 2 aliphatic heterocycles. The van der Waals surface area contributed by atoms with Crippen molar-refractivity contribution in [1.82, 2.24) is 19.9 Å². The van der Waals surface area contributed by atoms with E-state index in [-0.39, 0.29) is 24.4 Å². The average molecular weight is 668 g/mol. The molecule has 2 aromatic heterocycles. The number of carbonyl (C=O) groups is 3. The Balaban J connectivity index is 1.10. The number of carbonyl (C=O) groups excluding carboxylic acids is 3. The first-order chi connectivity index (χ1) is 24.1. The van der Waals surface area contributed by atoms with E-state index in [1.54, 1.807) is 43.2 Å². The second-order valence-electron chi connectivity index (χ2n) is 12.7. The average Bonchev–Trinajstić information content (AvgIpc) is 3.22. The maximum Gasteiger partial charge on any atom is 0.330 e. The van der Waals surface area contributed by atoms with Crippen molar-refractivity contribution in [3.05, 3.63) is 119 Å². The van der Waals surface area contributed by atoms with Gasteiger partial charge in [-0.1, -0.05) is 42.5 Å². The molecular formula is C38H37N9O3. The van der Waals surface area contributed by atoms with Gasteiger partial charge in [-0.15, -0.1) is 0 Å². The van der Waals surface area contributed by atoms with Crippen LogP contribution in [0.5, 0.6) is 0 Å². The number of hydrogen-bond acceptors (Lipinski definition) is 8. The first-order valence-electron chi connectivity index (χ1n) is 16.4.